The number of hydrogen-bond acceptors (Lipinski definition) is 2. The van der Waals surface area contributed by atoms with Gasteiger partial charge in [-0.3, -0.25) is 0 Å². The van der Waals surface area contributed by atoms with Crippen LogP contribution in [0.2, 0.25) is 0 Å². The lowest BCUT2D eigenvalue weighted by Gasteiger charge is -2.37. The molecule has 112 valence electrons. The van der Waals surface area contributed by atoms with Gasteiger partial charge in [0, 0.05) is 11.7 Å². The molecule has 0 unspecified atom stereocenters. The second-order valence-corrected chi connectivity index (χ2v) is 6.97. The number of nitrogens with one attached hydrogen (secondary N) is 3. The van der Waals surface area contributed by atoms with E-state index < -0.39 is 0 Å². The van der Waals surface area contributed by atoms with Gasteiger partial charge in [0.15, 0.2) is 0 Å². The van der Waals surface area contributed by atoms with E-state index in [9.17, 15) is 4.79 Å². The van der Waals surface area contributed by atoms with Gasteiger partial charge in [0.1, 0.15) is 0 Å². The summed E-state index contributed by atoms with van der Waals surface area (Å²) in [6.07, 6.45) is 11.1. The zero-order chi connectivity index (χ0) is 14.3. The number of aromatic nitrogens is 2. The lowest BCUT2D eigenvalue weighted by atomic mass is 9.71. The Labute approximate surface area is 124 Å². The Morgan fingerprint density at radius 1 is 1.00 bits per heavy atom. The highest BCUT2D eigenvalue weighted by atomic mass is 16.1. The quantitative estimate of drug-likeness (QED) is 0.786. The second kappa shape index (κ2) is 4.93. The maximum absolute atomic E-state index is 11.3. The van der Waals surface area contributed by atoms with Gasteiger partial charge >= 0.3 is 5.69 Å². The smallest absolute Gasteiger partial charge is 0.323 e. The highest BCUT2D eigenvalue weighted by Crippen LogP contribution is 2.49. The molecule has 0 bridgehead atoms. The summed E-state index contributed by atoms with van der Waals surface area (Å²) in [5.41, 5.74) is 3.42. The Kier molecular flexibility index (Phi) is 3.05. The molecule has 4 rings (SSSR count). The molecule has 0 radical (unpaired) electrons. The summed E-state index contributed by atoms with van der Waals surface area (Å²) in [4.78, 5) is 16.9. The van der Waals surface area contributed by atoms with Crippen LogP contribution in [0.4, 0.5) is 5.69 Å². The van der Waals surface area contributed by atoms with Crippen molar-refractivity contribution in [1.82, 2.24) is 9.97 Å². The molecule has 1 heterocycles. The van der Waals surface area contributed by atoms with Crippen LogP contribution in [0, 0.1) is 5.41 Å². The molecular formula is C17H23N3O. The first-order chi connectivity index (χ1) is 10.2. The summed E-state index contributed by atoms with van der Waals surface area (Å²) in [5.74, 6) is 0. The molecule has 0 amide bonds. The monoisotopic (exact) mass is 285 g/mol. The van der Waals surface area contributed by atoms with Gasteiger partial charge in [-0.05, 0) is 62.1 Å². The van der Waals surface area contributed by atoms with Gasteiger partial charge < -0.3 is 15.3 Å². The average molecular weight is 285 g/mol. The zero-order valence-corrected chi connectivity index (χ0v) is 12.4. The van der Waals surface area contributed by atoms with Gasteiger partial charge in [-0.1, -0.05) is 12.8 Å². The van der Waals surface area contributed by atoms with Crippen LogP contribution in [0.3, 0.4) is 0 Å². The van der Waals surface area contributed by atoms with E-state index in [1.54, 1.807) is 0 Å². The summed E-state index contributed by atoms with van der Waals surface area (Å²) in [5, 5.41) is 3.65. The Morgan fingerprint density at radius 2 is 1.71 bits per heavy atom. The fourth-order valence-corrected chi connectivity index (χ4v) is 4.36. The number of anilines is 1. The van der Waals surface area contributed by atoms with Gasteiger partial charge in [0.2, 0.25) is 0 Å². The van der Waals surface area contributed by atoms with Crippen LogP contribution in [0.5, 0.6) is 0 Å². The molecule has 4 nitrogen and oxygen atoms in total. The minimum absolute atomic E-state index is 0.136. The van der Waals surface area contributed by atoms with Crippen molar-refractivity contribution >= 4 is 16.7 Å². The minimum atomic E-state index is -0.136. The second-order valence-electron chi connectivity index (χ2n) is 6.97. The molecule has 4 heteroatoms. The van der Waals surface area contributed by atoms with E-state index >= 15 is 0 Å². The van der Waals surface area contributed by atoms with E-state index in [2.05, 4.69) is 21.4 Å². The molecule has 2 aliphatic carbocycles. The van der Waals surface area contributed by atoms with Crippen molar-refractivity contribution in [2.24, 2.45) is 5.41 Å². The first kappa shape index (κ1) is 13.0. The average Bonchev–Trinajstić information content (AvgIpc) is 3.07. The molecule has 0 aliphatic heterocycles. The highest BCUT2D eigenvalue weighted by Gasteiger charge is 2.37. The van der Waals surface area contributed by atoms with Crippen molar-refractivity contribution in [2.75, 3.05) is 5.32 Å². The molecule has 0 saturated heterocycles. The van der Waals surface area contributed by atoms with Crippen molar-refractivity contribution < 1.29 is 0 Å². The van der Waals surface area contributed by atoms with E-state index in [4.69, 9.17) is 0 Å². The third-order valence-corrected chi connectivity index (χ3v) is 5.60. The standard InChI is InChI=1S/C17H23N3O/c21-16-19-14-4-3-13(11-15(14)20-16)18-12-5-9-17(10-6-12)7-1-2-8-17/h3-4,11-12,18H,1-2,5-10H2,(H2,19,20,21). The molecule has 2 saturated carbocycles. The molecule has 1 aromatic heterocycles. The van der Waals surface area contributed by atoms with Crippen LogP contribution in [-0.2, 0) is 0 Å². The molecular weight excluding hydrogens is 262 g/mol. The first-order valence-electron chi connectivity index (χ1n) is 8.21. The number of fused-ring (bicyclic) bond motifs is 1. The minimum Gasteiger partial charge on any atom is -0.382 e. The molecule has 2 aromatic rings. The van der Waals surface area contributed by atoms with Crippen LogP contribution in [0.25, 0.3) is 11.0 Å². The van der Waals surface area contributed by atoms with Crippen LogP contribution in [0.1, 0.15) is 51.4 Å². The number of benzene rings is 1. The SMILES string of the molecule is O=c1[nH]c2ccc(NC3CCC4(CCCC4)CC3)cc2[nH]1. The Morgan fingerprint density at radius 3 is 2.48 bits per heavy atom. The van der Waals surface area contributed by atoms with E-state index in [0.29, 0.717) is 11.5 Å². The molecule has 21 heavy (non-hydrogen) atoms. The fourth-order valence-electron chi connectivity index (χ4n) is 4.36. The number of rotatable bonds is 2. The van der Waals surface area contributed by atoms with Crippen molar-refractivity contribution in [2.45, 2.75) is 57.4 Å². The number of H-pyrrole nitrogens is 2. The predicted molar refractivity (Wildman–Crippen MR) is 85.7 cm³/mol. The van der Waals surface area contributed by atoms with E-state index in [1.807, 2.05) is 12.1 Å². The number of imidazole rings is 1. The Hall–Kier alpha value is -1.71. The molecule has 2 fully saturated rings. The Bertz CT molecular complexity index is 683. The fraction of sp³-hybridized carbons (Fsp3) is 0.588. The van der Waals surface area contributed by atoms with Crippen LogP contribution < -0.4 is 11.0 Å². The van der Waals surface area contributed by atoms with Crippen LogP contribution in [-0.4, -0.2) is 16.0 Å². The van der Waals surface area contributed by atoms with E-state index in [0.717, 1.165) is 16.7 Å². The van der Waals surface area contributed by atoms with E-state index in [1.165, 1.54) is 51.4 Å². The van der Waals surface area contributed by atoms with Gasteiger partial charge in [-0.25, -0.2) is 4.79 Å². The first-order valence-corrected chi connectivity index (χ1v) is 8.21. The van der Waals surface area contributed by atoms with Crippen molar-refractivity contribution in [3.05, 3.63) is 28.7 Å². The number of aromatic amines is 2. The van der Waals surface area contributed by atoms with Crippen molar-refractivity contribution in [1.29, 1.82) is 0 Å². The lowest BCUT2D eigenvalue weighted by molar-refractivity contribution is 0.188. The van der Waals surface area contributed by atoms with Crippen molar-refractivity contribution in [3.63, 3.8) is 0 Å². The van der Waals surface area contributed by atoms with Gasteiger partial charge in [-0.15, -0.1) is 0 Å². The lowest BCUT2D eigenvalue weighted by Crippen LogP contribution is -2.31. The van der Waals surface area contributed by atoms with Crippen molar-refractivity contribution in [3.8, 4) is 0 Å². The molecule has 1 spiro atoms. The highest BCUT2D eigenvalue weighted by molar-refractivity contribution is 5.78. The molecule has 0 atom stereocenters. The Balaban J connectivity index is 1.44. The molecule has 1 aromatic carbocycles. The summed E-state index contributed by atoms with van der Waals surface area (Å²) < 4.78 is 0. The van der Waals surface area contributed by atoms with Crippen LogP contribution >= 0.6 is 0 Å². The molecule has 2 aliphatic rings. The maximum atomic E-state index is 11.3. The summed E-state index contributed by atoms with van der Waals surface area (Å²) >= 11 is 0. The zero-order valence-electron chi connectivity index (χ0n) is 12.4. The summed E-state index contributed by atoms with van der Waals surface area (Å²) in [6.45, 7) is 0. The summed E-state index contributed by atoms with van der Waals surface area (Å²) in [6, 6.07) is 6.65. The van der Waals surface area contributed by atoms with Gasteiger partial charge in [0.25, 0.3) is 0 Å². The predicted octanol–water partition coefficient (Wildman–Crippen LogP) is 3.77. The maximum Gasteiger partial charge on any atom is 0.323 e. The third kappa shape index (κ3) is 2.47. The molecule has 3 N–H and O–H groups in total. The third-order valence-electron chi connectivity index (χ3n) is 5.60. The van der Waals surface area contributed by atoms with Gasteiger partial charge in [0.05, 0.1) is 11.0 Å². The van der Waals surface area contributed by atoms with Gasteiger partial charge in [-0.2, -0.15) is 0 Å². The van der Waals surface area contributed by atoms with E-state index in [-0.39, 0.29) is 5.69 Å². The topological polar surface area (TPSA) is 60.7 Å². The summed E-state index contributed by atoms with van der Waals surface area (Å²) in [7, 11) is 0. The normalized spacial score (nSPS) is 22.1. The van der Waals surface area contributed by atoms with Crippen LogP contribution in [0.15, 0.2) is 23.0 Å². The number of hydrogen-bond donors (Lipinski definition) is 3. The largest absolute Gasteiger partial charge is 0.382 e.